The van der Waals surface area contributed by atoms with Gasteiger partial charge in [0.2, 0.25) is 0 Å². The van der Waals surface area contributed by atoms with Crippen LogP contribution in [0.25, 0.3) is 10.9 Å². The molecule has 35 heavy (non-hydrogen) atoms. The molecule has 5 nitrogen and oxygen atoms in total. The molecule has 0 radical (unpaired) electrons. The topological polar surface area (TPSA) is 71.5 Å². The van der Waals surface area contributed by atoms with E-state index in [0.29, 0.717) is 33.8 Å². The monoisotopic (exact) mass is 584 g/mol. The third-order valence-corrected chi connectivity index (χ3v) is 6.81. The van der Waals surface area contributed by atoms with E-state index in [9.17, 15) is 14.3 Å². The van der Waals surface area contributed by atoms with Crippen molar-refractivity contribution < 1.29 is 19.0 Å². The zero-order valence-corrected chi connectivity index (χ0v) is 23.1. The van der Waals surface area contributed by atoms with E-state index in [0.717, 1.165) is 9.86 Å². The van der Waals surface area contributed by atoms with Gasteiger partial charge in [0.1, 0.15) is 22.8 Å². The van der Waals surface area contributed by atoms with Crippen molar-refractivity contribution in [3.8, 4) is 0 Å². The molecule has 0 saturated heterocycles. The van der Waals surface area contributed by atoms with Crippen molar-refractivity contribution in [1.29, 1.82) is 0 Å². The van der Waals surface area contributed by atoms with Gasteiger partial charge in [0.05, 0.1) is 10.5 Å². The number of aliphatic hydroxyl groups excluding tert-OH is 1. The summed E-state index contributed by atoms with van der Waals surface area (Å²) in [7, 11) is 0. The number of hydrogen-bond acceptors (Lipinski definition) is 5. The first-order chi connectivity index (χ1) is 16.4. The number of benzene rings is 2. The number of hydrogen-bond donors (Lipinski definition) is 2. The molecule has 2 N–H and O–H groups in total. The fraction of sp³-hybridized carbons (Fsp3) is 0.385. The van der Waals surface area contributed by atoms with Crippen LogP contribution in [0.1, 0.15) is 62.4 Å². The summed E-state index contributed by atoms with van der Waals surface area (Å²) in [6, 6.07) is 10.1. The summed E-state index contributed by atoms with van der Waals surface area (Å²) in [4.78, 5) is 16.7. The van der Waals surface area contributed by atoms with Crippen molar-refractivity contribution in [2.24, 2.45) is 0 Å². The molecule has 3 rings (SSSR count). The van der Waals surface area contributed by atoms with Crippen LogP contribution in [0.3, 0.4) is 0 Å². The van der Waals surface area contributed by atoms with Crippen LogP contribution in [0, 0.1) is 12.7 Å². The Labute approximate surface area is 223 Å². The zero-order valence-electron chi connectivity index (χ0n) is 20.0. The number of aliphatic hydroxyl groups is 1. The summed E-state index contributed by atoms with van der Waals surface area (Å²) in [6.07, 6.45) is -0.633. The number of carbonyl (C=O) groups excluding carboxylic acids is 1. The maximum absolute atomic E-state index is 14.2. The van der Waals surface area contributed by atoms with Crippen LogP contribution in [-0.2, 0) is 9.53 Å². The first-order valence-electron chi connectivity index (χ1n) is 11.2. The lowest BCUT2D eigenvalue weighted by atomic mass is 9.93. The molecule has 2 aromatic carbocycles. The highest BCUT2D eigenvalue weighted by Crippen LogP contribution is 2.34. The fourth-order valence-electron chi connectivity index (χ4n) is 3.92. The Morgan fingerprint density at radius 3 is 2.66 bits per heavy atom. The van der Waals surface area contributed by atoms with Gasteiger partial charge in [-0.3, -0.25) is 10.1 Å². The summed E-state index contributed by atoms with van der Waals surface area (Å²) < 4.78 is 20.5. The summed E-state index contributed by atoms with van der Waals surface area (Å²) in [6.45, 7) is 7.42. The second kappa shape index (κ2) is 11.5. The van der Waals surface area contributed by atoms with Gasteiger partial charge in [-0.2, -0.15) is 0 Å². The van der Waals surface area contributed by atoms with Gasteiger partial charge in [-0.1, -0.05) is 51.3 Å². The van der Waals surface area contributed by atoms with Crippen molar-refractivity contribution in [1.82, 2.24) is 10.3 Å². The van der Waals surface area contributed by atoms with Gasteiger partial charge in [0.25, 0.3) is 0 Å². The number of fused-ring (bicyclic) bond motifs is 1. The number of rotatable bonds is 8. The van der Waals surface area contributed by atoms with Gasteiger partial charge in [-0.05, 0) is 75.4 Å². The quantitative estimate of drug-likeness (QED) is 0.166. The lowest BCUT2D eigenvalue weighted by molar-refractivity contribution is -0.155. The Morgan fingerprint density at radius 2 is 1.97 bits per heavy atom. The van der Waals surface area contributed by atoms with Crippen molar-refractivity contribution in [3.05, 3.63) is 73.6 Å². The predicted molar refractivity (Wildman–Crippen MR) is 141 cm³/mol. The maximum atomic E-state index is 14.2. The largest absolute Gasteiger partial charge is 0.460 e. The molecule has 1 heterocycles. The standard InChI is InChI=1S/C26H28BrCl2FN2O3/c1-14-22(18-12-16(27)9-10-20(18)32-24(14)29)25(34)31-13-15(8-11-21(33)35-26(2,3)4)17-6-5-7-19(30)23(17)28/h5-7,9-10,12,15,25,31,34H,8,11,13H2,1-4H3. The van der Waals surface area contributed by atoms with Crippen LogP contribution in [0.4, 0.5) is 4.39 Å². The van der Waals surface area contributed by atoms with Crippen LogP contribution in [0.15, 0.2) is 40.9 Å². The van der Waals surface area contributed by atoms with Gasteiger partial charge in [0.15, 0.2) is 0 Å². The smallest absolute Gasteiger partial charge is 0.306 e. The molecule has 0 aliphatic heterocycles. The van der Waals surface area contributed by atoms with Crippen molar-refractivity contribution in [2.45, 2.75) is 58.3 Å². The number of nitrogens with zero attached hydrogens (tertiary/aromatic N) is 1. The lowest BCUT2D eigenvalue weighted by Crippen LogP contribution is -2.29. The molecule has 2 atom stereocenters. The Morgan fingerprint density at radius 1 is 1.26 bits per heavy atom. The molecule has 0 aliphatic rings. The third-order valence-electron chi connectivity index (χ3n) is 5.55. The Balaban J connectivity index is 1.87. The number of nitrogens with one attached hydrogen (secondary N) is 1. The van der Waals surface area contributed by atoms with Crippen molar-refractivity contribution >= 4 is 56.0 Å². The van der Waals surface area contributed by atoms with E-state index in [2.05, 4.69) is 26.2 Å². The minimum atomic E-state index is -1.09. The minimum Gasteiger partial charge on any atom is -0.460 e. The maximum Gasteiger partial charge on any atom is 0.306 e. The normalized spacial score (nSPS) is 13.6. The SMILES string of the molecule is Cc1c(Cl)nc2ccc(Br)cc2c1C(O)NCC(CCC(=O)OC(C)(C)C)c1cccc(F)c1Cl. The van der Waals surface area contributed by atoms with E-state index in [4.69, 9.17) is 27.9 Å². The molecule has 1 aromatic heterocycles. The van der Waals surface area contributed by atoms with Gasteiger partial charge in [-0.15, -0.1) is 0 Å². The lowest BCUT2D eigenvalue weighted by Gasteiger charge is -2.24. The van der Waals surface area contributed by atoms with Crippen LogP contribution < -0.4 is 5.32 Å². The number of ether oxygens (including phenoxy) is 1. The molecule has 0 aliphatic carbocycles. The molecule has 9 heteroatoms. The van der Waals surface area contributed by atoms with Gasteiger partial charge < -0.3 is 9.84 Å². The average Bonchev–Trinajstić information content (AvgIpc) is 2.76. The highest BCUT2D eigenvalue weighted by Gasteiger charge is 2.24. The summed E-state index contributed by atoms with van der Waals surface area (Å²) in [5.74, 6) is -1.27. The first kappa shape index (κ1) is 27.8. The Bertz CT molecular complexity index is 1230. The average molecular weight is 586 g/mol. The summed E-state index contributed by atoms with van der Waals surface area (Å²) in [5, 5.41) is 15.3. The van der Waals surface area contributed by atoms with Crippen LogP contribution in [-0.4, -0.2) is 28.2 Å². The Hall–Kier alpha value is -1.77. The molecule has 188 valence electrons. The summed E-state index contributed by atoms with van der Waals surface area (Å²) in [5.41, 5.74) is 1.83. The minimum absolute atomic E-state index is 0.00417. The molecular weight excluding hydrogens is 558 g/mol. The number of carbonyl (C=O) groups is 1. The molecule has 2 unspecified atom stereocenters. The second-order valence-electron chi connectivity index (χ2n) is 9.38. The predicted octanol–water partition coefficient (Wildman–Crippen LogP) is 7.24. The fourth-order valence-corrected chi connectivity index (χ4v) is 4.75. The molecule has 0 spiro atoms. The number of pyridine rings is 1. The number of halogens is 4. The molecule has 0 fully saturated rings. The van der Waals surface area contributed by atoms with E-state index in [1.54, 1.807) is 39.8 Å². The molecule has 0 saturated carbocycles. The molecule has 3 aromatic rings. The highest BCUT2D eigenvalue weighted by molar-refractivity contribution is 9.10. The first-order valence-corrected chi connectivity index (χ1v) is 12.7. The zero-order chi connectivity index (χ0) is 25.9. The number of aromatic nitrogens is 1. The molecular formula is C26H28BrCl2FN2O3. The van der Waals surface area contributed by atoms with E-state index in [-0.39, 0.29) is 29.9 Å². The summed E-state index contributed by atoms with van der Waals surface area (Å²) >= 11 is 16.1. The highest BCUT2D eigenvalue weighted by atomic mass is 79.9. The third kappa shape index (κ3) is 7.14. The van der Waals surface area contributed by atoms with E-state index in [1.165, 1.54) is 6.07 Å². The van der Waals surface area contributed by atoms with E-state index < -0.39 is 17.6 Å². The second-order valence-corrected chi connectivity index (χ2v) is 11.0. The molecule has 0 bridgehead atoms. The van der Waals surface area contributed by atoms with Gasteiger partial charge in [-0.25, -0.2) is 9.37 Å². The van der Waals surface area contributed by atoms with Crippen molar-refractivity contribution in [3.63, 3.8) is 0 Å². The number of esters is 1. The van der Waals surface area contributed by atoms with E-state index in [1.807, 2.05) is 18.2 Å². The Kier molecular flexibility index (Phi) is 9.16. The van der Waals surface area contributed by atoms with E-state index >= 15 is 0 Å². The van der Waals surface area contributed by atoms with Gasteiger partial charge >= 0.3 is 5.97 Å². The van der Waals surface area contributed by atoms with Crippen LogP contribution in [0.2, 0.25) is 10.2 Å². The van der Waals surface area contributed by atoms with Crippen LogP contribution >= 0.6 is 39.1 Å². The molecule has 0 amide bonds. The van der Waals surface area contributed by atoms with Crippen molar-refractivity contribution in [2.75, 3.05) is 6.54 Å². The van der Waals surface area contributed by atoms with Gasteiger partial charge in [0, 0.05) is 28.4 Å². The van der Waals surface area contributed by atoms with Crippen LogP contribution in [0.5, 0.6) is 0 Å².